The number of carbonyl (C=O) groups is 1. The van der Waals surface area contributed by atoms with Gasteiger partial charge in [0.1, 0.15) is 0 Å². The Morgan fingerprint density at radius 2 is 1.76 bits per heavy atom. The zero-order valence-electron chi connectivity index (χ0n) is 12.9. The van der Waals surface area contributed by atoms with Crippen molar-refractivity contribution in [2.75, 3.05) is 23.5 Å². The number of rotatable bonds is 9. The van der Waals surface area contributed by atoms with Crippen molar-refractivity contribution in [1.29, 1.82) is 0 Å². The molecular weight excluding hydrogens is 308 g/mol. The third-order valence-corrected chi connectivity index (χ3v) is 8.18. The van der Waals surface area contributed by atoms with E-state index in [0.29, 0.717) is 17.7 Å². The number of Topliss-reactive ketones (excluding diaryl/α,β-unsaturated/α-hetero) is 1. The van der Waals surface area contributed by atoms with Gasteiger partial charge in [0, 0.05) is 5.56 Å². The molecule has 0 saturated heterocycles. The van der Waals surface area contributed by atoms with E-state index in [1.54, 1.807) is 30.5 Å². The minimum absolute atomic E-state index is 0.0195. The van der Waals surface area contributed by atoms with Gasteiger partial charge >= 0.3 is 0 Å². The Kier molecular flexibility index (Phi) is 6.90. The van der Waals surface area contributed by atoms with Crippen molar-refractivity contribution < 1.29 is 16.8 Å². The van der Waals surface area contributed by atoms with E-state index in [0.717, 1.165) is 6.42 Å². The summed E-state index contributed by atoms with van der Waals surface area (Å²) >= 11 is 0. The van der Waals surface area contributed by atoms with Crippen LogP contribution in [0.15, 0.2) is 30.3 Å². The molecule has 1 atom stereocenters. The molecule has 1 unspecified atom stereocenters. The molecule has 1 aromatic rings. The summed E-state index contributed by atoms with van der Waals surface area (Å²) in [6, 6.07) is 8.91. The van der Waals surface area contributed by atoms with Gasteiger partial charge in [0.15, 0.2) is 5.78 Å². The van der Waals surface area contributed by atoms with Crippen molar-refractivity contribution in [3.8, 4) is 0 Å². The van der Waals surface area contributed by atoms with Crippen LogP contribution >= 0.6 is 10.3 Å². The zero-order chi connectivity index (χ0) is 15.9. The van der Waals surface area contributed by atoms with Gasteiger partial charge in [-0.1, -0.05) is 50.6 Å². The number of carbonyl (C=O) groups excluding carboxylic acids is 1. The van der Waals surface area contributed by atoms with Gasteiger partial charge in [0.25, 0.3) is 10.1 Å². The molecule has 21 heavy (non-hydrogen) atoms. The minimum atomic E-state index is -3.56. The van der Waals surface area contributed by atoms with Crippen molar-refractivity contribution in [3.63, 3.8) is 0 Å². The quantitative estimate of drug-likeness (QED) is 0.650. The molecule has 1 aromatic carbocycles. The maximum atomic E-state index is 12.3. The monoisotopic (exact) mass is 332 g/mol. The Hall–Kier alpha value is -0.850. The molecule has 0 aliphatic rings. The Bertz CT molecular complexity index is 554. The number of hydrogen-bond donors (Lipinski definition) is 0. The van der Waals surface area contributed by atoms with E-state index in [-0.39, 0.29) is 17.3 Å². The standard InChI is InChI=1S/C15H24O4S2/c1-4-6-12-21(17,18)19-20(3,5-2)13-15(16)14-10-8-7-9-11-14/h7-11H,4-6,12-13H2,1-3H3. The Balaban J connectivity index is 2.78. The number of ketones is 1. The van der Waals surface area contributed by atoms with Gasteiger partial charge in [-0.2, -0.15) is 8.42 Å². The molecule has 1 rings (SSSR count). The lowest BCUT2D eigenvalue weighted by Crippen LogP contribution is -2.22. The first-order valence-electron chi connectivity index (χ1n) is 7.07. The highest BCUT2D eigenvalue weighted by Gasteiger charge is 2.28. The van der Waals surface area contributed by atoms with Crippen molar-refractivity contribution in [1.82, 2.24) is 0 Å². The van der Waals surface area contributed by atoms with E-state index in [9.17, 15) is 13.2 Å². The van der Waals surface area contributed by atoms with E-state index < -0.39 is 20.4 Å². The summed E-state index contributed by atoms with van der Waals surface area (Å²) in [5.74, 6) is 0.627. The van der Waals surface area contributed by atoms with Gasteiger partial charge in [-0.15, -0.1) is 10.3 Å². The third kappa shape index (κ3) is 6.20. The first kappa shape index (κ1) is 18.2. The fourth-order valence-electron chi connectivity index (χ4n) is 1.76. The predicted octanol–water partition coefficient (Wildman–Crippen LogP) is 3.39. The molecule has 6 heteroatoms. The summed E-state index contributed by atoms with van der Waals surface area (Å²) in [6.07, 6.45) is 3.13. The van der Waals surface area contributed by atoms with Gasteiger partial charge in [-0.3, -0.25) is 4.79 Å². The van der Waals surface area contributed by atoms with Crippen molar-refractivity contribution in [3.05, 3.63) is 35.9 Å². The van der Waals surface area contributed by atoms with Crippen LogP contribution in [-0.4, -0.2) is 37.7 Å². The summed E-state index contributed by atoms with van der Waals surface area (Å²) in [6.45, 7) is 3.79. The van der Waals surface area contributed by atoms with Gasteiger partial charge in [-0.25, -0.2) is 3.63 Å². The van der Waals surface area contributed by atoms with Crippen LogP contribution in [0.5, 0.6) is 0 Å². The molecule has 0 fully saturated rings. The lowest BCUT2D eigenvalue weighted by atomic mass is 10.2. The molecular formula is C15H24O4S2. The second-order valence-corrected chi connectivity index (χ2v) is 10.4. The molecule has 0 heterocycles. The van der Waals surface area contributed by atoms with Gasteiger partial charge in [0.05, 0.1) is 11.5 Å². The summed E-state index contributed by atoms with van der Waals surface area (Å²) in [5, 5.41) is 0. The second kappa shape index (κ2) is 7.96. The van der Waals surface area contributed by atoms with Gasteiger partial charge in [-0.05, 0) is 18.4 Å². The largest absolute Gasteiger partial charge is 0.293 e. The highest BCUT2D eigenvalue weighted by molar-refractivity contribution is 8.32. The molecule has 120 valence electrons. The normalized spacial score (nSPS) is 16.1. The molecule has 4 nitrogen and oxygen atoms in total. The maximum absolute atomic E-state index is 12.3. The van der Waals surface area contributed by atoms with Crippen LogP contribution in [-0.2, 0) is 13.7 Å². The highest BCUT2D eigenvalue weighted by Crippen LogP contribution is 2.47. The molecule has 0 spiro atoms. The Labute approximate surface area is 129 Å². The van der Waals surface area contributed by atoms with Crippen LogP contribution in [0, 0.1) is 0 Å². The molecule has 0 amide bonds. The van der Waals surface area contributed by atoms with E-state index >= 15 is 0 Å². The fraction of sp³-hybridized carbons (Fsp3) is 0.533. The lowest BCUT2D eigenvalue weighted by Gasteiger charge is -2.32. The number of hydrogen-bond acceptors (Lipinski definition) is 4. The SMILES string of the molecule is CCCCS(=O)(=O)OS(C)(CC)CC(=O)c1ccccc1. The molecule has 0 radical (unpaired) electrons. The van der Waals surface area contributed by atoms with Gasteiger partial charge in [0.2, 0.25) is 0 Å². The van der Waals surface area contributed by atoms with E-state index in [1.165, 1.54) is 0 Å². The van der Waals surface area contributed by atoms with Crippen LogP contribution < -0.4 is 0 Å². The fourth-order valence-corrected chi connectivity index (χ4v) is 6.18. The highest BCUT2D eigenvalue weighted by atomic mass is 32.3. The summed E-state index contributed by atoms with van der Waals surface area (Å²) < 4.78 is 29.3. The summed E-state index contributed by atoms with van der Waals surface area (Å²) in [4.78, 5) is 12.3. The van der Waals surface area contributed by atoms with Crippen LogP contribution in [0.3, 0.4) is 0 Å². The van der Waals surface area contributed by atoms with Crippen LogP contribution in [0.1, 0.15) is 37.0 Å². The number of unbranched alkanes of at least 4 members (excludes halogenated alkanes) is 1. The average Bonchev–Trinajstić information content (AvgIpc) is 2.45. The Morgan fingerprint density at radius 1 is 1.14 bits per heavy atom. The topological polar surface area (TPSA) is 60.4 Å². The van der Waals surface area contributed by atoms with Crippen molar-refractivity contribution in [2.45, 2.75) is 26.7 Å². The van der Waals surface area contributed by atoms with Crippen LogP contribution in [0.2, 0.25) is 0 Å². The average molecular weight is 332 g/mol. The lowest BCUT2D eigenvalue weighted by molar-refractivity contribution is 0.102. The molecule has 0 bridgehead atoms. The maximum Gasteiger partial charge on any atom is 0.276 e. The predicted molar refractivity (Wildman–Crippen MR) is 89.5 cm³/mol. The van der Waals surface area contributed by atoms with Crippen molar-refractivity contribution in [2.24, 2.45) is 0 Å². The van der Waals surface area contributed by atoms with Crippen LogP contribution in [0.25, 0.3) is 0 Å². The smallest absolute Gasteiger partial charge is 0.276 e. The molecule has 0 aliphatic heterocycles. The van der Waals surface area contributed by atoms with Gasteiger partial charge < -0.3 is 0 Å². The summed E-state index contributed by atoms with van der Waals surface area (Å²) in [5.41, 5.74) is 0.597. The summed E-state index contributed by atoms with van der Waals surface area (Å²) in [7, 11) is -5.51. The minimum Gasteiger partial charge on any atom is -0.293 e. The number of benzene rings is 1. The molecule has 0 saturated carbocycles. The third-order valence-electron chi connectivity index (χ3n) is 3.16. The first-order valence-corrected chi connectivity index (χ1v) is 11.0. The van der Waals surface area contributed by atoms with E-state index in [1.807, 2.05) is 19.9 Å². The molecule has 0 aromatic heterocycles. The molecule has 0 aliphatic carbocycles. The second-order valence-electron chi connectivity index (χ2n) is 5.09. The zero-order valence-corrected chi connectivity index (χ0v) is 14.5. The Morgan fingerprint density at radius 3 is 2.29 bits per heavy atom. The molecule has 0 N–H and O–H groups in total. The van der Waals surface area contributed by atoms with E-state index in [4.69, 9.17) is 3.63 Å². The van der Waals surface area contributed by atoms with Crippen LogP contribution in [0.4, 0.5) is 0 Å². The first-order chi connectivity index (χ1) is 9.82. The van der Waals surface area contributed by atoms with Crippen molar-refractivity contribution >= 4 is 26.2 Å². The van der Waals surface area contributed by atoms with E-state index in [2.05, 4.69) is 0 Å².